The van der Waals surface area contributed by atoms with E-state index in [4.69, 9.17) is 16.3 Å². The molecule has 0 radical (unpaired) electrons. The molecule has 3 aromatic carbocycles. The molecular formula is C24H22ClN3O3. The lowest BCUT2D eigenvalue weighted by atomic mass is 10.2. The van der Waals surface area contributed by atoms with E-state index < -0.39 is 11.8 Å². The highest BCUT2D eigenvalue weighted by atomic mass is 35.5. The Balaban J connectivity index is 1.52. The number of benzene rings is 3. The van der Waals surface area contributed by atoms with Gasteiger partial charge in [-0.1, -0.05) is 59.6 Å². The van der Waals surface area contributed by atoms with Gasteiger partial charge in [-0.2, -0.15) is 5.10 Å². The van der Waals surface area contributed by atoms with Gasteiger partial charge in [-0.05, 0) is 37.3 Å². The van der Waals surface area contributed by atoms with Crippen molar-refractivity contribution >= 4 is 35.3 Å². The molecule has 0 aliphatic heterocycles. The molecule has 3 rings (SSSR count). The Labute approximate surface area is 185 Å². The van der Waals surface area contributed by atoms with E-state index in [0.29, 0.717) is 28.6 Å². The number of carbonyl (C=O) groups excluding carboxylic acids is 2. The van der Waals surface area contributed by atoms with Gasteiger partial charge in [0, 0.05) is 21.8 Å². The van der Waals surface area contributed by atoms with E-state index in [1.807, 2.05) is 55.5 Å². The Hall–Kier alpha value is -3.64. The Morgan fingerprint density at radius 2 is 1.68 bits per heavy atom. The number of nitrogens with one attached hydrogen (secondary N) is 2. The van der Waals surface area contributed by atoms with E-state index in [1.54, 1.807) is 24.3 Å². The lowest BCUT2D eigenvalue weighted by molar-refractivity contribution is -0.126. The summed E-state index contributed by atoms with van der Waals surface area (Å²) in [5.74, 6) is -0.340. The molecular weight excluding hydrogens is 414 g/mol. The third-order valence-corrected chi connectivity index (χ3v) is 4.68. The van der Waals surface area contributed by atoms with Gasteiger partial charge in [-0.3, -0.25) is 9.59 Å². The van der Waals surface area contributed by atoms with Crippen LogP contribution in [-0.4, -0.2) is 18.0 Å². The van der Waals surface area contributed by atoms with Crippen molar-refractivity contribution in [3.05, 3.63) is 94.5 Å². The lowest BCUT2D eigenvalue weighted by Crippen LogP contribution is -2.24. The van der Waals surface area contributed by atoms with Gasteiger partial charge in [0.15, 0.2) is 0 Å². The standard InChI is InChI=1S/C24H22ClN3O3/c1-17-10-12-20(13-11-17)27-23(29)14-24(30)28-26-15-18-6-3-5-9-22(18)31-16-19-7-2-4-8-21(19)25/h2-13,15H,14,16H2,1H3,(H,27,29)(H,28,30). The predicted molar refractivity (Wildman–Crippen MR) is 122 cm³/mol. The maximum Gasteiger partial charge on any atom is 0.249 e. The number of amides is 2. The average Bonchev–Trinajstić information content (AvgIpc) is 2.75. The molecule has 0 saturated heterocycles. The van der Waals surface area contributed by atoms with E-state index in [-0.39, 0.29) is 6.42 Å². The van der Waals surface area contributed by atoms with Crippen molar-refractivity contribution < 1.29 is 14.3 Å². The minimum absolute atomic E-state index is 0.302. The summed E-state index contributed by atoms with van der Waals surface area (Å²) in [5.41, 5.74) is 5.62. The van der Waals surface area contributed by atoms with Crippen LogP contribution < -0.4 is 15.5 Å². The largest absolute Gasteiger partial charge is 0.488 e. The number of nitrogens with zero attached hydrogens (tertiary/aromatic N) is 1. The second-order valence-electron chi connectivity index (χ2n) is 6.80. The highest BCUT2D eigenvalue weighted by Gasteiger charge is 2.09. The fraction of sp³-hybridized carbons (Fsp3) is 0.125. The van der Waals surface area contributed by atoms with Crippen molar-refractivity contribution in [3.63, 3.8) is 0 Å². The second kappa shape index (κ2) is 10.9. The van der Waals surface area contributed by atoms with Crippen LogP contribution in [0.2, 0.25) is 5.02 Å². The van der Waals surface area contributed by atoms with E-state index in [9.17, 15) is 9.59 Å². The Morgan fingerprint density at radius 3 is 2.45 bits per heavy atom. The number of aryl methyl sites for hydroxylation is 1. The first kappa shape index (κ1) is 22.1. The van der Waals surface area contributed by atoms with Crippen molar-refractivity contribution in [1.29, 1.82) is 0 Å². The molecule has 3 aromatic rings. The molecule has 0 saturated carbocycles. The quantitative estimate of drug-likeness (QED) is 0.305. The smallest absolute Gasteiger partial charge is 0.249 e. The summed E-state index contributed by atoms with van der Waals surface area (Å²) in [6.45, 7) is 2.26. The molecule has 2 amide bonds. The molecule has 31 heavy (non-hydrogen) atoms. The van der Waals surface area contributed by atoms with Crippen LogP contribution in [0.5, 0.6) is 5.75 Å². The summed E-state index contributed by atoms with van der Waals surface area (Å²) in [6, 6.07) is 22.0. The molecule has 2 N–H and O–H groups in total. The third-order valence-electron chi connectivity index (χ3n) is 4.31. The fourth-order valence-corrected chi connectivity index (χ4v) is 2.88. The van der Waals surface area contributed by atoms with Gasteiger partial charge in [0.05, 0.1) is 6.21 Å². The van der Waals surface area contributed by atoms with Crippen LogP contribution in [0.15, 0.2) is 77.9 Å². The lowest BCUT2D eigenvalue weighted by Gasteiger charge is -2.10. The van der Waals surface area contributed by atoms with E-state index in [1.165, 1.54) is 6.21 Å². The van der Waals surface area contributed by atoms with Crippen LogP contribution >= 0.6 is 11.6 Å². The highest BCUT2D eigenvalue weighted by Crippen LogP contribution is 2.21. The molecule has 0 unspecified atom stereocenters. The van der Waals surface area contributed by atoms with Gasteiger partial charge in [-0.25, -0.2) is 5.43 Å². The van der Waals surface area contributed by atoms with Gasteiger partial charge in [-0.15, -0.1) is 0 Å². The van der Waals surface area contributed by atoms with Crippen LogP contribution in [-0.2, 0) is 16.2 Å². The third kappa shape index (κ3) is 6.97. The van der Waals surface area contributed by atoms with Crippen molar-refractivity contribution in [2.45, 2.75) is 20.0 Å². The molecule has 0 heterocycles. The number of rotatable bonds is 8. The van der Waals surface area contributed by atoms with Gasteiger partial charge in [0.2, 0.25) is 11.8 Å². The van der Waals surface area contributed by atoms with Crippen LogP contribution in [0, 0.1) is 6.92 Å². The minimum Gasteiger partial charge on any atom is -0.488 e. The summed E-state index contributed by atoms with van der Waals surface area (Å²) in [4.78, 5) is 24.0. The monoisotopic (exact) mass is 435 g/mol. The van der Waals surface area contributed by atoms with Crippen LogP contribution in [0.1, 0.15) is 23.1 Å². The number of hydrogen-bond donors (Lipinski definition) is 2. The first-order valence-corrected chi connectivity index (χ1v) is 10.0. The maximum atomic E-state index is 12.0. The zero-order chi connectivity index (χ0) is 22.1. The predicted octanol–water partition coefficient (Wildman–Crippen LogP) is 4.71. The molecule has 0 aromatic heterocycles. The summed E-state index contributed by atoms with van der Waals surface area (Å²) >= 11 is 6.16. The number of ether oxygens (including phenoxy) is 1. The van der Waals surface area contributed by atoms with Gasteiger partial charge in [0.1, 0.15) is 18.8 Å². The normalized spacial score (nSPS) is 10.6. The van der Waals surface area contributed by atoms with Crippen molar-refractivity contribution in [1.82, 2.24) is 5.43 Å². The number of halogens is 1. The minimum atomic E-state index is -0.518. The molecule has 7 heteroatoms. The van der Waals surface area contributed by atoms with Crippen LogP contribution in [0.3, 0.4) is 0 Å². The molecule has 0 fully saturated rings. The zero-order valence-electron chi connectivity index (χ0n) is 17.0. The molecule has 0 bridgehead atoms. The van der Waals surface area contributed by atoms with Gasteiger partial charge < -0.3 is 10.1 Å². The Bertz CT molecular complexity index is 1080. The summed E-state index contributed by atoms with van der Waals surface area (Å²) in [7, 11) is 0. The molecule has 6 nitrogen and oxygen atoms in total. The summed E-state index contributed by atoms with van der Waals surface area (Å²) in [6.07, 6.45) is 1.13. The first-order valence-electron chi connectivity index (χ1n) is 9.65. The Kier molecular flexibility index (Phi) is 7.79. The second-order valence-corrected chi connectivity index (χ2v) is 7.21. The average molecular weight is 436 g/mol. The molecule has 0 atom stereocenters. The van der Waals surface area contributed by atoms with Crippen LogP contribution in [0.25, 0.3) is 0 Å². The van der Waals surface area contributed by atoms with Crippen molar-refractivity contribution in [2.75, 3.05) is 5.32 Å². The SMILES string of the molecule is Cc1ccc(NC(=O)CC(=O)NN=Cc2ccccc2OCc2ccccc2Cl)cc1. The Morgan fingerprint density at radius 1 is 0.968 bits per heavy atom. The summed E-state index contributed by atoms with van der Waals surface area (Å²) < 4.78 is 5.85. The van der Waals surface area contributed by atoms with Crippen LogP contribution in [0.4, 0.5) is 5.69 Å². The maximum absolute atomic E-state index is 12.0. The highest BCUT2D eigenvalue weighted by molar-refractivity contribution is 6.31. The van der Waals surface area contributed by atoms with E-state index >= 15 is 0 Å². The van der Waals surface area contributed by atoms with Crippen molar-refractivity contribution in [2.24, 2.45) is 5.10 Å². The number of carbonyl (C=O) groups is 2. The van der Waals surface area contributed by atoms with E-state index in [2.05, 4.69) is 15.8 Å². The zero-order valence-corrected chi connectivity index (χ0v) is 17.7. The number of para-hydroxylation sites is 1. The molecule has 0 aliphatic carbocycles. The molecule has 158 valence electrons. The number of hydrazone groups is 1. The van der Waals surface area contributed by atoms with E-state index in [0.717, 1.165) is 11.1 Å². The topological polar surface area (TPSA) is 79.8 Å². The van der Waals surface area contributed by atoms with Crippen molar-refractivity contribution in [3.8, 4) is 5.75 Å². The molecule has 0 aliphatic rings. The number of hydrogen-bond acceptors (Lipinski definition) is 4. The number of anilines is 1. The first-order chi connectivity index (χ1) is 15.0. The van der Waals surface area contributed by atoms with Gasteiger partial charge in [0.25, 0.3) is 0 Å². The fourth-order valence-electron chi connectivity index (χ4n) is 2.69. The molecule has 0 spiro atoms. The summed E-state index contributed by atoms with van der Waals surface area (Å²) in [5, 5.41) is 7.24. The van der Waals surface area contributed by atoms with Gasteiger partial charge >= 0.3 is 0 Å².